The highest BCUT2D eigenvalue weighted by atomic mass is 16.4. The number of rotatable bonds is 7. The van der Waals surface area contributed by atoms with Crippen LogP contribution in [-0.4, -0.2) is 70.1 Å². The van der Waals surface area contributed by atoms with Crippen LogP contribution >= 0.6 is 0 Å². The van der Waals surface area contributed by atoms with Crippen molar-refractivity contribution in [2.45, 2.75) is 18.3 Å². The third kappa shape index (κ3) is 5.92. The van der Waals surface area contributed by atoms with Gasteiger partial charge in [-0.25, -0.2) is 0 Å². The Morgan fingerprint density at radius 3 is 1.92 bits per heavy atom. The lowest BCUT2D eigenvalue weighted by molar-refractivity contribution is -0.0145. The summed E-state index contributed by atoms with van der Waals surface area (Å²) in [6.07, 6.45) is -3.13. The maximum absolute atomic E-state index is 9.09. The number of hydrogen-bond donors (Lipinski definition) is 6. The van der Waals surface area contributed by atoms with E-state index in [2.05, 4.69) is 5.32 Å². The average molecular weight is 195 g/mol. The zero-order valence-electron chi connectivity index (χ0n) is 7.30. The Hall–Kier alpha value is -0.240. The smallest absolute Gasteiger partial charge is 0.104 e. The molecule has 3 unspecified atom stereocenters. The summed E-state index contributed by atoms with van der Waals surface area (Å²) in [6, 6.07) is 0. The lowest BCUT2D eigenvalue weighted by Gasteiger charge is -2.16. The van der Waals surface area contributed by atoms with Crippen LogP contribution in [0.1, 0.15) is 0 Å². The van der Waals surface area contributed by atoms with Gasteiger partial charge in [0.25, 0.3) is 0 Å². The second-order valence-electron chi connectivity index (χ2n) is 2.81. The van der Waals surface area contributed by atoms with E-state index in [4.69, 9.17) is 25.5 Å². The monoisotopic (exact) mass is 195 g/mol. The molecule has 0 spiro atoms. The molecule has 0 aromatic carbocycles. The van der Waals surface area contributed by atoms with E-state index in [1.54, 1.807) is 0 Å². The third-order valence-corrected chi connectivity index (χ3v) is 1.58. The van der Waals surface area contributed by atoms with Crippen molar-refractivity contribution in [1.29, 1.82) is 0 Å². The summed E-state index contributed by atoms with van der Waals surface area (Å²) in [5, 5.41) is 46.3. The molecule has 0 amide bonds. The van der Waals surface area contributed by atoms with E-state index in [1.165, 1.54) is 0 Å². The summed E-state index contributed by atoms with van der Waals surface area (Å²) in [5.41, 5.74) is 0. The van der Waals surface area contributed by atoms with Gasteiger partial charge < -0.3 is 30.8 Å². The molecular formula is C7H17NO5. The van der Waals surface area contributed by atoms with Gasteiger partial charge in [0.15, 0.2) is 0 Å². The molecule has 0 saturated heterocycles. The predicted molar refractivity (Wildman–Crippen MR) is 45.1 cm³/mol. The Morgan fingerprint density at radius 2 is 1.46 bits per heavy atom. The number of aliphatic hydroxyl groups excluding tert-OH is 5. The lowest BCUT2D eigenvalue weighted by Crippen LogP contribution is -2.41. The van der Waals surface area contributed by atoms with Crippen molar-refractivity contribution in [3.05, 3.63) is 0 Å². The molecule has 6 N–H and O–H groups in total. The van der Waals surface area contributed by atoms with Crippen molar-refractivity contribution in [3.8, 4) is 0 Å². The van der Waals surface area contributed by atoms with Crippen molar-refractivity contribution in [1.82, 2.24) is 5.32 Å². The van der Waals surface area contributed by atoms with E-state index in [9.17, 15) is 0 Å². The van der Waals surface area contributed by atoms with Crippen molar-refractivity contribution in [2.75, 3.05) is 26.3 Å². The Labute approximate surface area is 76.4 Å². The highest BCUT2D eigenvalue weighted by Gasteiger charge is 2.14. The quantitative estimate of drug-likeness (QED) is 0.253. The van der Waals surface area contributed by atoms with E-state index >= 15 is 0 Å². The molecule has 0 bridgehead atoms. The van der Waals surface area contributed by atoms with Crippen molar-refractivity contribution < 1.29 is 25.5 Å². The molecule has 0 heterocycles. The molecule has 0 aliphatic heterocycles. The van der Waals surface area contributed by atoms with E-state index in [-0.39, 0.29) is 19.7 Å². The molecule has 0 radical (unpaired) electrons. The van der Waals surface area contributed by atoms with Crippen LogP contribution in [0.4, 0.5) is 0 Å². The number of nitrogens with one attached hydrogen (secondary N) is 1. The summed E-state index contributed by atoms with van der Waals surface area (Å²) in [7, 11) is 0. The van der Waals surface area contributed by atoms with Gasteiger partial charge in [0.1, 0.15) is 6.10 Å². The molecule has 0 aliphatic rings. The Balaban J connectivity index is 3.41. The Morgan fingerprint density at radius 1 is 0.846 bits per heavy atom. The van der Waals surface area contributed by atoms with E-state index in [0.717, 1.165) is 0 Å². The molecule has 6 nitrogen and oxygen atoms in total. The minimum atomic E-state index is -1.18. The summed E-state index contributed by atoms with van der Waals surface area (Å²) < 4.78 is 0. The number of aliphatic hydroxyl groups is 5. The molecule has 13 heavy (non-hydrogen) atoms. The van der Waals surface area contributed by atoms with Gasteiger partial charge in [0.05, 0.1) is 25.4 Å². The molecule has 80 valence electrons. The fourth-order valence-corrected chi connectivity index (χ4v) is 0.720. The van der Waals surface area contributed by atoms with Crippen LogP contribution in [0.5, 0.6) is 0 Å². The fourth-order valence-electron chi connectivity index (χ4n) is 0.720. The second-order valence-corrected chi connectivity index (χ2v) is 2.81. The van der Waals surface area contributed by atoms with Crippen LogP contribution in [-0.2, 0) is 0 Å². The van der Waals surface area contributed by atoms with Gasteiger partial charge in [-0.05, 0) is 0 Å². The minimum Gasteiger partial charge on any atom is -0.394 e. The van der Waals surface area contributed by atoms with Crippen LogP contribution in [0.2, 0.25) is 0 Å². The first-order chi connectivity index (χ1) is 6.11. The van der Waals surface area contributed by atoms with E-state index in [1.807, 2.05) is 0 Å². The zero-order valence-corrected chi connectivity index (χ0v) is 7.30. The summed E-state index contributed by atoms with van der Waals surface area (Å²) in [5.74, 6) is 0. The SMILES string of the molecule is OCC(O)CNCC(O)C(O)CO. The number of hydrogen-bond acceptors (Lipinski definition) is 6. The van der Waals surface area contributed by atoms with Crippen LogP contribution in [0, 0.1) is 0 Å². The molecule has 0 aromatic rings. The largest absolute Gasteiger partial charge is 0.394 e. The van der Waals surface area contributed by atoms with Crippen LogP contribution in [0.3, 0.4) is 0 Å². The van der Waals surface area contributed by atoms with Gasteiger partial charge in [0.2, 0.25) is 0 Å². The molecule has 3 atom stereocenters. The molecule has 0 aliphatic carbocycles. The van der Waals surface area contributed by atoms with E-state index < -0.39 is 24.9 Å². The van der Waals surface area contributed by atoms with Gasteiger partial charge in [-0.1, -0.05) is 0 Å². The summed E-state index contributed by atoms with van der Waals surface area (Å²) in [6.45, 7) is -0.679. The normalized spacial score (nSPS) is 18.2. The first-order valence-electron chi connectivity index (χ1n) is 4.08. The van der Waals surface area contributed by atoms with Gasteiger partial charge in [-0.15, -0.1) is 0 Å². The maximum atomic E-state index is 9.09. The highest BCUT2D eigenvalue weighted by Crippen LogP contribution is 1.90. The molecule has 0 aromatic heterocycles. The molecule has 0 saturated carbocycles. The molecule has 6 heteroatoms. The first kappa shape index (κ1) is 12.8. The lowest BCUT2D eigenvalue weighted by atomic mass is 10.2. The van der Waals surface area contributed by atoms with Crippen molar-refractivity contribution >= 4 is 0 Å². The Bertz CT molecular complexity index is 123. The topological polar surface area (TPSA) is 113 Å². The average Bonchev–Trinajstić information content (AvgIpc) is 2.15. The van der Waals surface area contributed by atoms with Gasteiger partial charge >= 0.3 is 0 Å². The van der Waals surface area contributed by atoms with Crippen molar-refractivity contribution in [3.63, 3.8) is 0 Å². The molecule has 0 fully saturated rings. The molecule has 0 rings (SSSR count). The summed E-state index contributed by atoms with van der Waals surface area (Å²) >= 11 is 0. The van der Waals surface area contributed by atoms with Gasteiger partial charge in [-0.2, -0.15) is 0 Å². The van der Waals surface area contributed by atoms with Crippen LogP contribution in [0.25, 0.3) is 0 Å². The van der Waals surface area contributed by atoms with Gasteiger partial charge in [-0.3, -0.25) is 0 Å². The first-order valence-corrected chi connectivity index (χ1v) is 4.08. The predicted octanol–water partition coefficient (Wildman–Crippen LogP) is -3.36. The van der Waals surface area contributed by atoms with E-state index in [0.29, 0.717) is 0 Å². The van der Waals surface area contributed by atoms with Gasteiger partial charge in [0, 0.05) is 13.1 Å². The Kier molecular flexibility index (Phi) is 7.06. The summed E-state index contributed by atoms with van der Waals surface area (Å²) in [4.78, 5) is 0. The zero-order chi connectivity index (χ0) is 10.3. The molecular weight excluding hydrogens is 178 g/mol. The van der Waals surface area contributed by atoms with Crippen LogP contribution in [0.15, 0.2) is 0 Å². The van der Waals surface area contributed by atoms with Crippen LogP contribution < -0.4 is 5.32 Å². The minimum absolute atomic E-state index is 0.0544. The second kappa shape index (κ2) is 7.19. The highest BCUT2D eigenvalue weighted by molar-refractivity contribution is 4.69. The fraction of sp³-hybridized carbons (Fsp3) is 1.00. The standard InChI is InChI=1S/C7H17NO5/c9-3-5(11)1-8-2-6(12)7(13)4-10/h5-13H,1-4H2. The van der Waals surface area contributed by atoms with Crippen molar-refractivity contribution in [2.24, 2.45) is 0 Å². The third-order valence-electron chi connectivity index (χ3n) is 1.58. The maximum Gasteiger partial charge on any atom is 0.104 e.